The highest BCUT2D eigenvalue weighted by Crippen LogP contribution is 2.18. The lowest BCUT2D eigenvalue weighted by molar-refractivity contribution is -0.137. The molecule has 0 bridgehead atoms. The van der Waals surface area contributed by atoms with E-state index in [1.807, 2.05) is 0 Å². The summed E-state index contributed by atoms with van der Waals surface area (Å²) in [7, 11) is -2.15. The van der Waals surface area contributed by atoms with Crippen LogP contribution in [0.3, 0.4) is 0 Å². The highest BCUT2D eigenvalue weighted by molar-refractivity contribution is 7.99. The Morgan fingerprint density at radius 1 is 1.62 bits per heavy atom. The van der Waals surface area contributed by atoms with E-state index in [1.54, 1.807) is 11.8 Å². The van der Waals surface area contributed by atoms with Crippen LogP contribution in [0.5, 0.6) is 0 Å². The average molecular weight is 268 g/mol. The number of nitrogens with one attached hydrogen (secondary N) is 1. The monoisotopic (exact) mass is 268 g/mol. The number of rotatable bonds is 6. The van der Waals surface area contributed by atoms with Crippen LogP contribution in [0.4, 0.5) is 0 Å². The molecular weight excluding hydrogens is 252 g/mol. The van der Waals surface area contributed by atoms with E-state index >= 15 is 0 Å². The molecule has 6 nitrogen and oxygen atoms in total. The Morgan fingerprint density at radius 2 is 2.31 bits per heavy atom. The zero-order valence-corrected chi connectivity index (χ0v) is 10.7. The van der Waals surface area contributed by atoms with Gasteiger partial charge >= 0.3 is 5.97 Å². The summed E-state index contributed by atoms with van der Waals surface area (Å²) < 4.78 is 27.0. The van der Waals surface area contributed by atoms with Gasteiger partial charge in [-0.2, -0.15) is 29.2 Å². The molecule has 1 rings (SSSR count). The van der Waals surface area contributed by atoms with Gasteiger partial charge in [0.25, 0.3) is 10.2 Å². The van der Waals surface area contributed by atoms with E-state index in [0.29, 0.717) is 0 Å². The molecule has 0 aromatic carbocycles. The zero-order chi connectivity index (χ0) is 12.2. The van der Waals surface area contributed by atoms with Crippen molar-refractivity contribution in [1.29, 1.82) is 0 Å². The van der Waals surface area contributed by atoms with E-state index in [4.69, 9.17) is 5.11 Å². The first-order valence-electron chi connectivity index (χ1n) is 4.95. The van der Waals surface area contributed by atoms with Crippen molar-refractivity contribution >= 4 is 27.9 Å². The van der Waals surface area contributed by atoms with Crippen molar-refractivity contribution in [3.63, 3.8) is 0 Å². The molecule has 1 aliphatic rings. The predicted molar refractivity (Wildman–Crippen MR) is 62.7 cm³/mol. The van der Waals surface area contributed by atoms with Crippen LogP contribution in [-0.4, -0.2) is 54.9 Å². The molecule has 1 saturated heterocycles. The van der Waals surface area contributed by atoms with Crippen LogP contribution in [0.1, 0.15) is 12.8 Å². The predicted octanol–water partition coefficient (Wildman–Crippen LogP) is -0.267. The summed E-state index contributed by atoms with van der Waals surface area (Å²) in [5, 5.41) is 8.47. The van der Waals surface area contributed by atoms with E-state index in [2.05, 4.69) is 4.72 Å². The second kappa shape index (κ2) is 5.85. The summed E-state index contributed by atoms with van der Waals surface area (Å²) in [6, 6.07) is -0.0257. The Hall–Kier alpha value is -0.310. The van der Waals surface area contributed by atoms with Gasteiger partial charge < -0.3 is 5.11 Å². The smallest absolute Gasteiger partial charge is 0.304 e. The normalized spacial score (nSPS) is 21.5. The Bertz CT molecular complexity index is 338. The van der Waals surface area contributed by atoms with Crippen molar-refractivity contribution in [2.45, 2.75) is 18.9 Å². The summed E-state index contributed by atoms with van der Waals surface area (Å²) in [5.74, 6) is 0.747. The van der Waals surface area contributed by atoms with Crippen LogP contribution in [0.15, 0.2) is 0 Å². The molecule has 0 saturated carbocycles. The number of carboxylic acid groups (broad SMARTS) is 1. The van der Waals surface area contributed by atoms with E-state index in [-0.39, 0.29) is 19.0 Å². The van der Waals surface area contributed by atoms with Crippen molar-refractivity contribution in [2.24, 2.45) is 0 Å². The highest BCUT2D eigenvalue weighted by Gasteiger charge is 2.25. The van der Waals surface area contributed by atoms with E-state index < -0.39 is 16.2 Å². The topological polar surface area (TPSA) is 86.7 Å². The first-order valence-corrected chi connectivity index (χ1v) is 7.54. The van der Waals surface area contributed by atoms with Gasteiger partial charge in [-0.25, -0.2) is 0 Å². The molecule has 1 aliphatic heterocycles. The lowest BCUT2D eigenvalue weighted by atomic mass is 10.3. The second-order valence-corrected chi connectivity index (χ2v) is 6.61. The molecule has 1 heterocycles. The summed E-state index contributed by atoms with van der Waals surface area (Å²) in [4.78, 5) is 10.3. The Kier molecular flexibility index (Phi) is 5.03. The van der Waals surface area contributed by atoms with E-state index in [9.17, 15) is 13.2 Å². The standard InChI is InChI=1S/C8H16N2O4S2/c1-10(4-2-8(11)12)16(13,14)9-7-3-5-15-6-7/h7,9H,2-6H2,1H3,(H,11,12). The molecule has 1 atom stereocenters. The summed E-state index contributed by atoms with van der Waals surface area (Å²) in [6.45, 7) is -0.00940. The zero-order valence-electron chi connectivity index (χ0n) is 9.05. The molecule has 0 aromatic rings. The van der Waals surface area contributed by atoms with Crippen molar-refractivity contribution in [1.82, 2.24) is 9.03 Å². The van der Waals surface area contributed by atoms with Crippen molar-refractivity contribution < 1.29 is 18.3 Å². The molecule has 0 aromatic heterocycles. The number of hydrogen-bond donors (Lipinski definition) is 2. The molecule has 0 spiro atoms. The van der Waals surface area contributed by atoms with Gasteiger partial charge in [0.15, 0.2) is 0 Å². The van der Waals surface area contributed by atoms with Crippen LogP contribution < -0.4 is 4.72 Å². The van der Waals surface area contributed by atoms with Crippen molar-refractivity contribution in [3.8, 4) is 0 Å². The molecule has 0 amide bonds. The quantitative estimate of drug-likeness (QED) is 0.692. The first kappa shape index (κ1) is 13.8. The summed E-state index contributed by atoms with van der Waals surface area (Å²) in [5.41, 5.74) is 0. The van der Waals surface area contributed by atoms with Crippen LogP contribution in [0, 0.1) is 0 Å². The summed E-state index contributed by atoms with van der Waals surface area (Å²) >= 11 is 1.71. The van der Waals surface area contributed by atoms with Crippen LogP contribution in [0.25, 0.3) is 0 Å². The van der Waals surface area contributed by atoms with Crippen molar-refractivity contribution in [2.75, 3.05) is 25.1 Å². The van der Waals surface area contributed by atoms with Gasteiger partial charge in [0.2, 0.25) is 0 Å². The number of thioether (sulfide) groups is 1. The minimum Gasteiger partial charge on any atom is -0.481 e. The van der Waals surface area contributed by atoms with E-state index in [1.165, 1.54) is 7.05 Å². The lowest BCUT2D eigenvalue weighted by Crippen LogP contribution is -2.44. The lowest BCUT2D eigenvalue weighted by Gasteiger charge is -2.19. The molecule has 1 fully saturated rings. The minimum absolute atomic E-state index is 0.00940. The SMILES string of the molecule is CN(CCC(=O)O)S(=O)(=O)NC1CCSC1. The number of nitrogens with zero attached hydrogens (tertiary/aromatic N) is 1. The van der Waals surface area contributed by atoms with Crippen LogP contribution >= 0.6 is 11.8 Å². The third-order valence-electron chi connectivity index (χ3n) is 2.30. The van der Waals surface area contributed by atoms with Gasteiger partial charge in [0.05, 0.1) is 6.42 Å². The Morgan fingerprint density at radius 3 is 2.81 bits per heavy atom. The fraction of sp³-hybridized carbons (Fsp3) is 0.875. The third-order valence-corrected chi connectivity index (χ3v) is 5.09. The Labute approximate surface area is 99.6 Å². The third kappa shape index (κ3) is 4.28. The average Bonchev–Trinajstić information content (AvgIpc) is 2.65. The largest absolute Gasteiger partial charge is 0.481 e. The molecule has 2 N–H and O–H groups in total. The van der Waals surface area contributed by atoms with Gasteiger partial charge in [0.1, 0.15) is 0 Å². The van der Waals surface area contributed by atoms with Crippen LogP contribution in [0.2, 0.25) is 0 Å². The maximum absolute atomic E-state index is 11.7. The number of aliphatic carboxylic acids is 1. The number of hydrogen-bond acceptors (Lipinski definition) is 4. The molecule has 8 heteroatoms. The fourth-order valence-corrected chi connectivity index (χ4v) is 3.69. The van der Waals surface area contributed by atoms with Gasteiger partial charge in [-0.1, -0.05) is 0 Å². The molecule has 94 valence electrons. The highest BCUT2D eigenvalue weighted by atomic mass is 32.2. The van der Waals surface area contributed by atoms with Crippen LogP contribution in [-0.2, 0) is 15.0 Å². The number of carboxylic acids is 1. The van der Waals surface area contributed by atoms with Gasteiger partial charge in [-0.3, -0.25) is 4.79 Å². The summed E-state index contributed by atoms with van der Waals surface area (Å²) in [6.07, 6.45) is 0.646. The fourth-order valence-electron chi connectivity index (χ4n) is 1.30. The second-order valence-electron chi connectivity index (χ2n) is 3.65. The van der Waals surface area contributed by atoms with Gasteiger partial charge in [-0.15, -0.1) is 0 Å². The minimum atomic E-state index is -3.53. The van der Waals surface area contributed by atoms with Crippen molar-refractivity contribution in [3.05, 3.63) is 0 Å². The van der Waals surface area contributed by atoms with Gasteiger partial charge in [-0.05, 0) is 12.2 Å². The molecule has 1 unspecified atom stereocenters. The molecule has 0 aliphatic carbocycles. The molecule has 0 radical (unpaired) electrons. The molecular formula is C8H16N2O4S2. The number of carbonyl (C=O) groups is 1. The van der Waals surface area contributed by atoms with Gasteiger partial charge in [0, 0.05) is 25.4 Å². The van der Waals surface area contributed by atoms with E-state index in [0.717, 1.165) is 22.2 Å². The molecule has 16 heavy (non-hydrogen) atoms. The Balaban J connectivity index is 2.45. The maximum Gasteiger partial charge on any atom is 0.304 e. The first-order chi connectivity index (χ1) is 7.42. The maximum atomic E-state index is 11.7.